The molecule has 0 saturated carbocycles. The normalized spacial score (nSPS) is 18.0. The summed E-state index contributed by atoms with van der Waals surface area (Å²) in [7, 11) is 1.60. The fourth-order valence-electron chi connectivity index (χ4n) is 5.77. The highest BCUT2D eigenvalue weighted by Crippen LogP contribution is 2.42. The van der Waals surface area contributed by atoms with Crippen molar-refractivity contribution in [3.05, 3.63) is 102 Å². The van der Waals surface area contributed by atoms with E-state index in [9.17, 15) is 9.59 Å². The van der Waals surface area contributed by atoms with Crippen molar-refractivity contribution in [2.75, 3.05) is 51.2 Å². The van der Waals surface area contributed by atoms with E-state index in [4.69, 9.17) is 0 Å². The maximum atomic E-state index is 13.7. The van der Waals surface area contributed by atoms with E-state index in [2.05, 4.69) is 40.1 Å². The minimum Gasteiger partial charge on any atom is -0.369 e. The summed E-state index contributed by atoms with van der Waals surface area (Å²) in [6.45, 7) is 5.86. The van der Waals surface area contributed by atoms with Crippen LogP contribution in [-0.2, 0) is 10.3 Å². The van der Waals surface area contributed by atoms with Crippen molar-refractivity contribution in [1.29, 1.82) is 0 Å². The summed E-state index contributed by atoms with van der Waals surface area (Å²) < 4.78 is 0. The smallest absolute Gasteiger partial charge is 0.327 e. The number of unbranched alkanes of at least 4 members (excludes halogenated alkanes) is 2. The fraction of sp³-hybridized carbons (Fsp3) is 0.355. The quantitative estimate of drug-likeness (QED) is 0.315. The summed E-state index contributed by atoms with van der Waals surface area (Å²) >= 11 is 0. The summed E-state index contributed by atoms with van der Waals surface area (Å²) in [5, 5.41) is 0. The fourth-order valence-corrected chi connectivity index (χ4v) is 5.77. The molecule has 6 heteroatoms. The Morgan fingerprint density at radius 3 is 1.73 bits per heavy atom. The third-order valence-electron chi connectivity index (χ3n) is 7.77. The first-order valence-corrected chi connectivity index (χ1v) is 13.4. The van der Waals surface area contributed by atoms with Crippen LogP contribution in [0.2, 0.25) is 0 Å². The molecule has 2 fully saturated rings. The van der Waals surface area contributed by atoms with Crippen LogP contribution >= 0.6 is 0 Å². The summed E-state index contributed by atoms with van der Waals surface area (Å²) in [5.41, 5.74) is 1.85. The van der Waals surface area contributed by atoms with Crippen molar-refractivity contribution in [2.24, 2.45) is 0 Å². The molecule has 37 heavy (non-hydrogen) atoms. The number of carbonyl (C=O) groups excluding carboxylic acids is 2. The second-order valence-corrected chi connectivity index (χ2v) is 9.97. The van der Waals surface area contributed by atoms with Gasteiger partial charge in [0.25, 0.3) is 5.91 Å². The van der Waals surface area contributed by atoms with Crippen molar-refractivity contribution in [3.63, 3.8) is 0 Å². The lowest BCUT2D eigenvalue weighted by molar-refractivity contribution is -0.131. The van der Waals surface area contributed by atoms with Crippen molar-refractivity contribution in [1.82, 2.24) is 14.7 Å². The minimum absolute atomic E-state index is 0.189. The third kappa shape index (κ3) is 4.86. The standard InChI is InChI=1S/C31H36N4O2/c1-32-29(36)31(26-14-6-2-7-15-26,27-16-8-3-9-17-27)35(30(32)37)21-13-5-12-20-33-22-24-34(25-23-33)28-18-10-4-11-19-28/h2-4,6-11,14-19H,5,12-13,20-25H2,1H3. The van der Waals surface area contributed by atoms with Gasteiger partial charge in [-0.05, 0) is 42.6 Å². The Morgan fingerprint density at radius 2 is 1.16 bits per heavy atom. The van der Waals surface area contributed by atoms with Crippen molar-refractivity contribution in [2.45, 2.75) is 24.8 Å². The summed E-state index contributed by atoms with van der Waals surface area (Å²) in [6.07, 6.45) is 2.96. The number of rotatable bonds is 9. The Balaban J connectivity index is 1.21. The number of imide groups is 1. The number of likely N-dealkylation sites (N-methyl/N-ethyl adjacent to an activating group) is 1. The van der Waals surface area contributed by atoms with Crippen LogP contribution in [0.5, 0.6) is 0 Å². The van der Waals surface area contributed by atoms with E-state index in [1.54, 1.807) is 11.9 Å². The van der Waals surface area contributed by atoms with Crippen LogP contribution in [0.3, 0.4) is 0 Å². The van der Waals surface area contributed by atoms with E-state index in [1.807, 2.05) is 60.7 Å². The highest BCUT2D eigenvalue weighted by molar-refractivity contribution is 6.09. The van der Waals surface area contributed by atoms with Crippen LogP contribution in [0.1, 0.15) is 30.4 Å². The summed E-state index contributed by atoms with van der Waals surface area (Å²) in [6, 6.07) is 29.9. The van der Waals surface area contributed by atoms with Gasteiger partial charge in [0.1, 0.15) is 0 Å². The van der Waals surface area contributed by atoms with Crippen LogP contribution in [0, 0.1) is 0 Å². The molecule has 0 aliphatic carbocycles. The van der Waals surface area contributed by atoms with Gasteiger partial charge in [-0.15, -0.1) is 0 Å². The van der Waals surface area contributed by atoms with Gasteiger partial charge in [-0.1, -0.05) is 85.3 Å². The van der Waals surface area contributed by atoms with Crippen LogP contribution in [-0.4, -0.2) is 73.0 Å². The molecule has 2 saturated heterocycles. The molecule has 0 spiro atoms. The lowest BCUT2D eigenvalue weighted by Gasteiger charge is -2.37. The van der Waals surface area contributed by atoms with Gasteiger partial charge in [-0.2, -0.15) is 0 Å². The number of piperazine rings is 1. The number of carbonyl (C=O) groups is 2. The number of nitrogens with zero attached hydrogens (tertiary/aromatic N) is 4. The summed E-state index contributed by atoms with van der Waals surface area (Å²) in [5.74, 6) is -0.189. The Kier molecular flexibility index (Phi) is 7.56. The molecule has 6 nitrogen and oxygen atoms in total. The highest BCUT2D eigenvalue weighted by Gasteiger charge is 2.57. The van der Waals surface area contributed by atoms with Crippen molar-refractivity contribution >= 4 is 17.6 Å². The molecule has 3 aromatic rings. The van der Waals surface area contributed by atoms with Gasteiger partial charge in [-0.25, -0.2) is 4.79 Å². The number of hydrogen-bond acceptors (Lipinski definition) is 4. The molecule has 2 aliphatic rings. The van der Waals surface area contributed by atoms with Gasteiger partial charge in [0.15, 0.2) is 5.54 Å². The predicted octanol–water partition coefficient (Wildman–Crippen LogP) is 4.82. The van der Waals surface area contributed by atoms with Gasteiger partial charge < -0.3 is 9.80 Å². The Morgan fingerprint density at radius 1 is 0.649 bits per heavy atom. The van der Waals surface area contributed by atoms with Gasteiger partial charge in [0.05, 0.1) is 0 Å². The molecular formula is C31H36N4O2. The lowest BCUT2D eigenvalue weighted by atomic mass is 9.81. The zero-order valence-electron chi connectivity index (χ0n) is 21.6. The molecule has 3 aromatic carbocycles. The van der Waals surface area contributed by atoms with E-state index < -0.39 is 5.54 Å². The largest absolute Gasteiger partial charge is 0.369 e. The predicted molar refractivity (Wildman–Crippen MR) is 147 cm³/mol. The summed E-state index contributed by atoms with van der Waals surface area (Å²) in [4.78, 5) is 35.1. The molecule has 2 aliphatic heterocycles. The van der Waals surface area contributed by atoms with Crippen LogP contribution in [0.25, 0.3) is 0 Å². The highest BCUT2D eigenvalue weighted by atomic mass is 16.2. The minimum atomic E-state index is -1.12. The SMILES string of the molecule is CN1C(=O)N(CCCCCN2CCN(c3ccccc3)CC2)C(c2ccccc2)(c2ccccc2)C1=O. The van der Waals surface area contributed by atoms with E-state index in [0.29, 0.717) is 6.54 Å². The lowest BCUT2D eigenvalue weighted by Crippen LogP contribution is -2.48. The second kappa shape index (κ2) is 11.2. The van der Waals surface area contributed by atoms with E-state index in [-0.39, 0.29) is 11.9 Å². The second-order valence-electron chi connectivity index (χ2n) is 9.97. The molecule has 2 heterocycles. The Labute approximate surface area is 220 Å². The van der Waals surface area contributed by atoms with E-state index in [1.165, 1.54) is 10.6 Å². The van der Waals surface area contributed by atoms with Crippen molar-refractivity contribution < 1.29 is 9.59 Å². The maximum absolute atomic E-state index is 13.7. The molecule has 0 radical (unpaired) electrons. The molecule has 192 valence electrons. The van der Waals surface area contributed by atoms with Crippen LogP contribution in [0.4, 0.5) is 10.5 Å². The number of benzene rings is 3. The number of anilines is 1. The molecule has 0 N–H and O–H groups in total. The van der Waals surface area contributed by atoms with E-state index >= 15 is 0 Å². The van der Waals surface area contributed by atoms with Gasteiger partial charge in [-0.3, -0.25) is 14.6 Å². The molecule has 0 atom stereocenters. The molecule has 0 aromatic heterocycles. The van der Waals surface area contributed by atoms with Gasteiger partial charge in [0, 0.05) is 45.5 Å². The van der Waals surface area contributed by atoms with Crippen molar-refractivity contribution in [3.8, 4) is 0 Å². The zero-order valence-corrected chi connectivity index (χ0v) is 21.6. The average molecular weight is 497 g/mol. The molecule has 0 unspecified atom stereocenters. The van der Waals surface area contributed by atoms with Crippen LogP contribution in [0.15, 0.2) is 91.0 Å². The number of para-hydroxylation sites is 1. The maximum Gasteiger partial charge on any atom is 0.327 e. The first-order valence-electron chi connectivity index (χ1n) is 13.4. The monoisotopic (exact) mass is 496 g/mol. The molecule has 0 bridgehead atoms. The topological polar surface area (TPSA) is 47.1 Å². The van der Waals surface area contributed by atoms with Crippen LogP contribution < -0.4 is 4.90 Å². The third-order valence-corrected chi connectivity index (χ3v) is 7.77. The zero-order chi connectivity index (χ0) is 25.7. The molecular weight excluding hydrogens is 460 g/mol. The van der Waals surface area contributed by atoms with Gasteiger partial charge in [0.2, 0.25) is 0 Å². The molecule has 3 amide bonds. The number of hydrogen-bond donors (Lipinski definition) is 0. The number of urea groups is 1. The molecule has 5 rings (SSSR count). The average Bonchev–Trinajstić information content (AvgIpc) is 3.15. The first-order chi connectivity index (χ1) is 18.1. The number of amides is 3. The first kappa shape index (κ1) is 25.0. The van der Waals surface area contributed by atoms with Gasteiger partial charge >= 0.3 is 6.03 Å². The van der Waals surface area contributed by atoms with E-state index in [0.717, 1.165) is 63.1 Å². The Bertz CT molecular complexity index is 1140. The Hall–Kier alpha value is -3.64.